The fraction of sp³-hybridized carbons (Fsp3) is 0.158. The minimum absolute atomic E-state index is 0.333. The van der Waals surface area contributed by atoms with E-state index in [-0.39, 0.29) is 5.91 Å². The first kappa shape index (κ1) is 18.6. The van der Waals surface area contributed by atoms with Crippen molar-refractivity contribution >= 4 is 62.3 Å². The third-order valence-corrected chi connectivity index (χ3v) is 6.14. The predicted octanol–water partition coefficient (Wildman–Crippen LogP) is 4.88. The highest BCUT2D eigenvalue weighted by Gasteiger charge is 2.16. The maximum atomic E-state index is 12.0. The molecule has 2 heterocycles. The van der Waals surface area contributed by atoms with Gasteiger partial charge in [0.1, 0.15) is 0 Å². The lowest BCUT2D eigenvalue weighted by atomic mass is 10.2. The Balaban J connectivity index is 1.56. The van der Waals surface area contributed by atoms with E-state index in [1.807, 2.05) is 41.8 Å². The number of thiophene rings is 2. The van der Waals surface area contributed by atoms with Gasteiger partial charge >= 0.3 is 5.97 Å². The number of benzene rings is 1. The summed E-state index contributed by atoms with van der Waals surface area (Å²) in [5.74, 6) is -0.919. The number of hydrogen-bond acceptors (Lipinski definition) is 5. The van der Waals surface area contributed by atoms with Crippen LogP contribution < -0.4 is 5.32 Å². The van der Waals surface area contributed by atoms with Gasteiger partial charge in [-0.3, -0.25) is 4.79 Å². The first-order valence-electron chi connectivity index (χ1n) is 7.90. The molecule has 0 radical (unpaired) electrons. The summed E-state index contributed by atoms with van der Waals surface area (Å²) in [5.41, 5.74) is 0. The summed E-state index contributed by atoms with van der Waals surface area (Å²) in [5, 5.41) is 6.24. The van der Waals surface area contributed by atoms with E-state index in [1.54, 1.807) is 24.3 Å². The van der Waals surface area contributed by atoms with Gasteiger partial charge in [-0.2, -0.15) is 0 Å². The summed E-state index contributed by atoms with van der Waals surface area (Å²) in [7, 11) is 0. The first-order valence-corrected chi connectivity index (χ1v) is 9.98. The fourth-order valence-corrected chi connectivity index (χ4v) is 4.33. The van der Waals surface area contributed by atoms with Crippen molar-refractivity contribution in [3.8, 4) is 0 Å². The molecule has 3 rings (SSSR count). The minimum atomic E-state index is -0.870. The lowest BCUT2D eigenvalue weighted by Crippen LogP contribution is -2.34. The van der Waals surface area contributed by atoms with Crippen molar-refractivity contribution in [1.29, 1.82) is 0 Å². The Morgan fingerprint density at radius 3 is 2.81 bits per heavy atom. The number of nitrogens with one attached hydrogen (secondary N) is 1. The summed E-state index contributed by atoms with van der Waals surface area (Å²) in [6.45, 7) is 1.97. The number of halogens is 1. The Labute approximate surface area is 164 Å². The van der Waals surface area contributed by atoms with Gasteiger partial charge in [0, 0.05) is 25.9 Å². The van der Waals surface area contributed by atoms with Gasteiger partial charge in [-0.1, -0.05) is 35.9 Å². The van der Waals surface area contributed by atoms with Crippen LogP contribution in [0.3, 0.4) is 0 Å². The van der Waals surface area contributed by atoms with Crippen LogP contribution in [0.5, 0.6) is 0 Å². The molecule has 2 aromatic heterocycles. The highest BCUT2D eigenvalue weighted by atomic mass is 35.5. The SMILES string of the molecule is C[C@H](OC(=O)/C=C/c1sc2ccccc2c1Cl)C(=O)NCc1cccs1. The molecule has 0 aliphatic carbocycles. The van der Waals surface area contributed by atoms with Crippen LogP contribution in [0.4, 0.5) is 0 Å². The fourth-order valence-electron chi connectivity index (χ4n) is 2.28. The van der Waals surface area contributed by atoms with Gasteiger partial charge in [-0.15, -0.1) is 22.7 Å². The molecule has 1 amide bonds. The maximum absolute atomic E-state index is 12.0. The van der Waals surface area contributed by atoms with Gasteiger partial charge < -0.3 is 10.1 Å². The Morgan fingerprint density at radius 2 is 2.08 bits per heavy atom. The van der Waals surface area contributed by atoms with Crippen LogP contribution in [0.1, 0.15) is 16.7 Å². The van der Waals surface area contributed by atoms with Gasteiger partial charge in [-0.25, -0.2) is 4.79 Å². The third-order valence-electron chi connectivity index (χ3n) is 3.61. The average molecular weight is 406 g/mol. The molecule has 1 N–H and O–H groups in total. The zero-order chi connectivity index (χ0) is 18.5. The molecule has 1 aromatic carbocycles. The zero-order valence-corrected chi connectivity index (χ0v) is 16.3. The molecule has 0 fully saturated rings. The molecule has 0 spiro atoms. The van der Waals surface area contributed by atoms with Crippen LogP contribution in [-0.2, 0) is 20.9 Å². The summed E-state index contributed by atoms with van der Waals surface area (Å²) in [4.78, 5) is 25.8. The van der Waals surface area contributed by atoms with E-state index >= 15 is 0 Å². The number of ether oxygens (including phenoxy) is 1. The summed E-state index contributed by atoms with van der Waals surface area (Å²) in [6.07, 6.45) is 2.04. The van der Waals surface area contributed by atoms with Crippen LogP contribution in [0.15, 0.2) is 47.9 Å². The van der Waals surface area contributed by atoms with Gasteiger partial charge in [-0.05, 0) is 30.5 Å². The van der Waals surface area contributed by atoms with Crippen molar-refractivity contribution in [2.24, 2.45) is 0 Å². The number of hydrogen-bond donors (Lipinski definition) is 1. The summed E-state index contributed by atoms with van der Waals surface area (Å²) < 4.78 is 6.19. The highest BCUT2D eigenvalue weighted by molar-refractivity contribution is 7.20. The molecular weight excluding hydrogens is 390 g/mol. The zero-order valence-electron chi connectivity index (χ0n) is 13.9. The number of rotatable bonds is 6. The maximum Gasteiger partial charge on any atom is 0.331 e. The number of carbonyl (C=O) groups is 2. The largest absolute Gasteiger partial charge is 0.449 e. The lowest BCUT2D eigenvalue weighted by Gasteiger charge is -2.11. The molecule has 0 aliphatic heterocycles. The summed E-state index contributed by atoms with van der Waals surface area (Å²) in [6, 6.07) is 11.6. The quantitative estimate of drug-likeness (QED) is 0.469. The van der Waals surface area contributed by atoms with Crippen LogP contribution >= 0.6 is 34.3 Å². The second kappa shape index (κ2) is 8.49. The number of amides is 1. The van der Waals surface area contributed by atoms with Crippen LogP contribution in [0, 0.1) is 0 Å². The molecule has 26 heavy (non-hydrogen) atoms. The van der Waals surface area contributed by atoms with E-state index in [0.717, 1.165) is 19.8 Å². The standard InChI is InChI=1S/C19H16ClNO3S2/c1-12(19(23)21-11-13-5-4-10-25-13)24-17(22)9-8-16-18(20)14-6-2-3-7-15(14)26-16/h2-10,12H,11H2,1H3,(H,21,23)/b9-8+/t12-/m0/s1. The van der Waals surface area contributed by atoms with E-state index in [4.69, 9.17) is 16.3 Å². The van der Waals surface area contributed by atoms with E-state index in [9.17, 15) is 9.59 Å². The second-order valence-electron chi connectivity index (χ2n) is 5.49. The molecular formula is C19H16ClNO3S2. The smallest absolute Gasteiger partial charge is 0.331 e. The number of esters is 1. The normalized spacial score (nSPS) is 12.4. The molecule has 0 saturated carbocycles. The van der Waals surface area contributed by atoms with Crippen molar-refractivity contribution in [2.45, 2.75) is 19.6 Å². The van der Waals surface area contributed by atoms with Crippen LogP contribution in [0.2, 0.25) is 5.02 Å². The van der Waals surface area contributed by atoms with Gasteiger partial charge in [0.25, 0.3) is 5.91 Å². The van der Waals surface area contributed by atoms with Crippen molar-refractivity contribution in [3.05, 3.63) is 62.6 Å². The monoisotopic (exact) mass is 405 g/mol. The highest BCUT2D eigenvalue weighted by Crippen LogP contribution is 2.35. The molecule has 0 aliphatic rings. The predicted molar refractivity (Wildman–Crippen MR) is 108 cm³/mol. The van der Waals surface area contributed by atoms with E-state index in [1.165, 1.54) is 17.4 Å². The molecule has 1 atom stereocenters. The Kier molecular flexibility index (Phi) is 6.08. The molecule has 0 bridgehead atoms. The van der Waals surface area contributed by atoms with E-state index in [0.29, 0.717) is 11.6 Å². The van der Waals surface area contributed by atoms with E-state index in [2.05, 4.69) is 5.32 Å². The first-order chi connectivity index (χ1) is 12.5. The second-order valence-corrected chi connectivity index (χ2v) is 7.98. The topological polar surface area (TPSA) is 55.4 Å². The van der Waals surface area contributed by atoms with E-state index < -0.39 is 12.1 Å². The van der Waals surface area contributed by atoms with Crippen molar-refractivity contribution in [2.75, 3.05) is 0 Å². The Morgan fingerprint density at radius 1 is 1.27 bits per heavy atom. The minimum Gasteiger partial charge on any atom is -0.449 e. The lowest BCUT2D eigenvalue weighted by molar-refractivity contribution is -0.150. The molecule has 134 valence electrons. The molecule has 4 nitrogen and oxygen atoms in total. The van der Waals surface area contributed by atoms with Crippen molar-refractivity contribution in [1.82, 2.24) is 5.32 Å². The Hall–Kier alpha value is -2.15. The van der Waals surface area contributed by atoms with Crippen molar-refractivity contribution < 1.29 is 14.3 Å². The average Bonchev–Trinajstić information content (AvgIpc) is 3.26. The van der Waals surface area contributed by atoms with Gasteiger partial charge in [0.15, 0.2) is 6.10 Å². The van der Waals surface area contributed by atoms with Gasteiger partial charge in [0.05, 0.1) is 11.6 Å². The van der Waals surface area contributed by atoms with Crippen molar-refractivity contribution in [3.63, 3.8) is 0 Å². The molecule has 7 heteroatoms. The molecule has 3 aromatic rings. The van der Waals surface area contributed by atoms with Gasteiger partial charge in [0.2, 0.25) is 0 Å². The number of fused-ring (bicyclic) bond motifs is 1. The van der Waals surface area contributed by atoms with Crippen LogP contribution in [0.25, 0.3) is 16.2 Å². The van der Waals surface area contributed by atoms with Crippen LogP contribution in [-0.4, -0.2) is 18.0 Å². The number of carbonyl (C=O) groups excluding carboxylic acids is 2. The molecule has 0 saturated heterocycles. The Bertz CT molecular complexity index is 947. The molecule has 0 unspecified atom stereocenters. The summed E-state index contributed by atoms with van der Waals surface area (Å²) >= 11 is 9.38. The third kappa shape index (κ3) is 4.52.